The minimum absolute atomic E-state index is 0.157. The van der Waals surface area contributed by atoms with Crippen LogP contribution in [0, 0.1) is 0 Å². The Morgan fingerprint density at radius 2 is 2.17 bits per heavy atom. The Morgan fingerprint density at radius 1 is 1.39 bits per heavy atom. The van der Waals surface area contributed by atoms with Gasteiger partial charge in [-0.1, -0.05) is 28.2 Å². The molecule has 2 atom stereocenters. The lowest BCUT2D eigenvalue weighted by molar-refractivity contribution is 0.0168. The predicted octanol–water partition coefficient (Wildman–Crippen LogP) is 2.85. The highest BCUT2D eigenvalue weighted by atomic mass is 35.5. The van der Waals surface area contributed by atoms with Gasteiger partial charge in [0, 0.05) is 10.3 Å². The van der Waals surface area contributed by atoms with Gasteiger partial charge >= 0.3 is 0 Å². The summed E-state index contributed by atoms with van der Waals surface area (Å²) in [4.78, 5) is 3.94. The first-order valence-corrected chi connectivity index (χ1v) is 8.86. The zero-order valence-electron chi connectivity index (χ0n) is 12.2. The van der Waals surface area contributed by atoms with Crippen LogP contribution in [0.1, 0.15) is 12.5 Å². The van der Waals surface area contributed by atoms with Crippen molar-refractivity contribution in [3.8, 4) is 0 Å². The SMILES string of the molecule is C[C@@H](Sc1cnns1)C(O)(Cn1cncn1)c1ccc(Cl)cc1. The van der Waals surface area contributed by atoms with Crippen molar-refractivity contribution in [3.05, 3.63) is 53.7 Å². The lowest BCUT2D eigenvalue weighted by Gasteiger charge is -2.33. The number of aromatic nitrogens is 5. The topological polar surface area (TPSA) is 76.7 Å². The van der Waals surface area contributed by atoms with Gasteiger partial charge in [0.15, 0.2) is 0 Å². The first kappa shape index (κ1) is 16.4. The quantitative estimate of drug-likeness (QED) is 0.675. The van der Waals surface area contributed by atoms with Crippen molar-refractivity contribution in [1.82, 2.24) is 24.4 Å². The summed E-state index contributed by atoms with van der Waals surface area (Å²) in [5, 5.41) is 19.8. The van der Waals surface area contributed by atoms with E-state index in [0.717, 1.165) is 9.77 Å². The number of halogens is 1. The lowest BCUT2D eigenvalue weighted by Crippen LogP contribution is -2.40. The zero-order valence-corrected chi connectivity index (χ0v) is 14.6. The van der Waals surface area contributed by atoms with E-state index in [9.17, 15) is 5.11 Å². The van der Waals surface area contributed by atoms with E-state index in [0.29, 0.717) is 5.02 Å². The molecule has 3 aromatic rings. The molecule has 0 bridgehead atoms. The Morgan fingerprint density at radius 3 is 2.78 bits per heavy atom. The van der Waals surface area contributed by atoms with Crippen molar-refractivity contribution in [2.75, 3.05) is 0 Å². The van der Waals surface area contributed by atoms with Gasteiger partial charge in [0.2, 0.25) is 0 Å². The maximum absolute atomic E-state index is 11.4. The van der Waals surface area contributed by atoms with Crippen molar-refractivity contribution in [3.63, 3.8) is 0 Å². The van der Waals surface area contributed by atoms with Gasteiger partial charge in [0.05, 0.1) is 12.7 Å². The zero-order chi connectivity index (χ0) is 16.3. The highest BCUT2D eigenvalue weighted by molar-refractivity contribution is 8.01. The molecule has 6 nitrogen and oxygen atoms in total. The van der Waals surface area contributed by atoms with Gasteiger partial charge < -0.3 is 5.11 Å². The van der Waals surface area contributed by atoms with Crippen LogP contribution in [0.4, 0.5) is 0 Å². The smallest absolute Gasteiger partial charge is 0.137 e. The van der Waals surface area contributed by atoms with Crippen LogP contribution < -0.4 is 0 Å². The Bertz CT molecular complexity index is 735. The molecule has 0 amide bonds. The van der Waals surface area contributed by atoms with E-state index in [2.05, 4.69) is 19.7 Å². The molecule has 1 unspecified atom stereocenters. The molecule has 0 aliphatic heterocycles. The Labute approximate surface area is 146 Å². The number of nitrogens with zero attached hydrogens (tertiary/aromatic N) is 5. The van der Waals surface area contributed by atoms with E-state index in [1.807, 2.05) is 19.1 Å². The number of aliphatic hydroxyl groups is 1. The van der Waals surface area contributed by atoms with Gasteiger partial charge in [-0.3, -0.25) is 0 Å². The van der Waals surface area contributed by atoms with Crippen LogP contribution in [-0.4, -0.2) is 34.7 Å². The monoisotopic (exact) mass is 367 g/mol. The second kappa shape index (κ2) is 6.96. The molecule has 23 heavy (non-hydrogen) atoms. The van der Waals surface area contributed by atoms with Gasteiger partial charge in [0.25, 0.3) is 0 Å². The van der Waals surface area contributed by atoms with Crippen molar-refractivity contribution in [2.24, 2.45) is 0 Å². The number of benzene rings is 1. The van der Waals surface area contributed by atoms with Gasteiger partial charge in [-0.2, -0.15) is 5.10 Å². The predicted molar refractivity (Wildman–Crippen MR) is 90.6 cm³/mol. The fourth-order valence-corrected chi connectivity index (χ4v) is 4.20. The number of hydrogen-bond acceptors (Lipinski definition) is 7. The normalized spacial score (nSPS) is 15.3. The summed E-state index contributed by atoms with van der Waals surface area (Å²) in [7, 11) is 0. The van der Waals surface area contributed by atoms with Crippen LogP contribution in [0.15, 0.2) is 47.3 Å². The van der Waals surface area contributed by atoms with Crippen molar-refractivity contribution in [1.29, 1.82) is 0 Å². The molecule has 0 radical (unpaired) electrons. The molecule has 1 N–H and O–H groups in total. The van der Waals surface area contributed by atoms with Gasteiger partial charge in [0.1, 0.15) is 22.5 Å². The number of rotatable bonds is 6. The number of hydrogen-bond donors (Lipinski definition) is 1. The molecule has 0 fully saturated rings. The van der Waals surface area contributed by atoms with E-state index in [1.54, 1.807) is 29.3 Å². The van der Waals surface area contributed by atoms with Crippen LogP contribution >= 0.6 is 34.9 Å². The van der Waals surface area contributed by atoms with Gasteiger partial charge in [-0.15, -0.1) is 16.9 Å². The molecular weight excluding hydrogens is 354 g/mol. The molecule has 120 valence electrons. The maximum Gasteiger partial charge on any atom is 0.137 e. The Kier molecular flexibility index (Phi) is 4.96. The first-order valence-electron chi connectivity index (χ1n) is 6.83. The molecule has 0 saturated carbocycles. The summed E-state index contributed by atoms with van der Waals surface area (Å²) >= 11 is 8.80. The molecule has 9 heteroatoms. The Hall–Kier alpha value is -1.48. The highest BCUT2D eigenvalue weighted by Gasteiger charge is 2.37. The largest absolute Gasteiger partial charge is 0.382 e. The first-order chi connectivity index (χ1) is 11.1. The van der Waals surface area contributed by atoms with E-state index < -0.39 is 5.60 Å². The summed E-state index contributed by atoms with van der Waals surface area (Å²) in [6.45, 7) is 2.25. The van der Waals surface area contributed by atoms with Crippen LogP contribution in [0.2, 0.25) is 5.02 Å². The van der Waals surface area contributed by atoms with Crippen molar-refractivity contribution in [2.45, 2.75) is 28.5 Å². The third-order valence-corrected chi connectivity index (χ3v) is 5.83. The summed E-state index contributed by atoms with van der Waals surface area (Å²) in [5.74, 6) is 0. The fourth-order valence-electron chi connectivity index (χ4n) is 2.24. The molecule has 2 heterocycles. The van der Waals surface area contributed by atoms with E-state index in [-0.39, 0.29) is 11.8 Å². The number of thioether (sulfide) groups is 1. The third-order valence-electron chi connectivity index (χ3n) is 3.52. The molecule has 1 aromatic carbocycles. The summed E-state index contributed by atoms with van der Waals surface area (Å²) < 4.78 is 6.43. The van der Waals surface area contributed by atoms with Crippen molar-refractivity contribution < 1.29 is 5.11 Å². The third kappa shape index (κ3) is 3.72. The van der Waals surface area contributed by atoms with Crippen LogP contribution in [0.25, 0.3) is 0 Å². The van der Waals surface area contributed by atoms with Crippen molar-refractivity contribution >= 4 is 34.9 Å². The Balaban J connectivity index is 1.92. The average molecular weight is 368 g/mol. The molecular formula is C14H14ClN5OS2. The van der Waals surface area contributed by atoms with Gasteiger partial charge in [-0.25, -0.2) is 9.67 Å². The second-order valence-electron chi connectivity index (χ2n) is 5.02. The summed E-state index contributed by atoms with van der Waals surface area (Å²) in [6, 6.07) is 7.21. The molecule has 0 aliphatic carbocycles. The molecule has 2 aromatic heterocycles. The minimum atomic E-state index is -1.15. The van der Waals surface area contributed by atoms with Crippen LogP contribution in [0.3, 0.4) is 0 Å². The maximum atomic E-state index is 11.4. The summed E-state index contributed by atoms with van der Waals surface area (Å²) in [6.07, 6.45) is 4.74. The standard InChI is InChI=1S/C14H14ClN5OS2/c1-10(22-13-6-17-19-23-13)14(21,7-20-9-16-8-18-20)11-2-4-12(15)5-3-11/h2-6,8-10,21H,7H2,1H3/t10-,14?/m1/s1. The fraction of sp³-hybridized carbons (Fsp3) is 0.286. The lowest BCUT2D eigenvalue weighted by atomic mass is 9.90. The van der Waals surface area contributed by atoms with E-state index >= 15 is 0 Å². The minimum Gasteiger partial charge on any atom is -0.382 e. The van der Waals surface area contributed by atoms with E-state index in [1.165, 1.54) is 29.6 Å². The molecule has 0 spiro atoms. The second-order valence-corrected chi connectivity index (χ2v) is 7.88. The average Bonchev–Trinajstić information content (AvgIpc) is 3.21. The van der Waals surface area contributed by atoms with Gasteiger partial charge in [-0.05, 0) is 36.2 Å². The summed E-state index contributed by atoms with van der Waals surface area (Å²) in [5.41, 5.74) is -0.373. The molecule has 3 rings (SSSR count). The molecule has 0 aliphatic rings. The molecule has 0 saturated heterocycles. The highest BCUT2D eigenvalue weighted by Crippen LogP contribution is 2.39. The van der Waals surface area contributed by atoms with E-state index in [4.69, 9.17) is 11.6 Å². The van der Waals surface area contributed by atoms with Crippen LogP contribution in [-0.2, 0) is 12.1 Å². The van der Waals surface area contributed by atoms with Crippen LogP contribution in [0.5, 0.6) is 0 Å².